The summed E-state index contributed by atoms with van der Waals surface area (Å²) in [7, 11) is 0. The van der Waals surface area contributed by atoms with Crippen LogP contribution >= 0.6 is 0 Å². The average Bonchev–Trinajstić information content (AvgIpc) is 1.95. The van der Waals surface area contributed by atoms with Crippen molar-refractivity contribution >= 4 is 0 Å². The van der Waals surface area contributed by atoms with E-state index in [2.05, 4.69) is 9.72 Å². The van der Waals surface area contributed by atoms with Crippen LogP contribution in [0.25, 0.3) is 0 Å². The van der Waals surface area contributed by atoms with Crippen molar-refractivity contribution < 1.29 is 4.74 Å². The van der Waals surface area contributed by atoms with Crippen molar-refractivity contribution in [2.45, 2.75) is 6.92 Å². The fraction of sp³-hybridized carbons (Fsp3) is 0.143. The van der Waals surface area contributed by atoms with Crippen molar-refractivity contribution in [3.63, 3.8) is 0 Å². The number of rotatable bonds is 1. The van der Waals surface area contributed by atoms with Crippen LogP contribution in [0.5, 0.6) is 5.75 Å². The van der Waals surface area contributed by atoms with E-state index in [1.54, 1.807) is 18.4 Å². The minimum Gasteiger partial charge on any atom is -0.386 e. The van der Waals surface area contributed by atoms with Gasteiger partial charge in [-0.1, -0.05) is 0 Å². The van der Waals surface area contributed by atoms with Gasteiger partial charge in [-0.25, -0.2) is 0 Å². The van der Waals surface area contributed by atoms with Gasteiger partial charge < -0.3 is 4.74 Å². The molecule has 10 heavy (non-hydrogen) atoms. The van der Waals surface area contributed by atoms with Gasteiger partial charge in [0.25, 0.3) is 6.26 Å². The predicted octanol–water partition coefficient (Wildman–Crippen LogP) is 1.25. The van der Waals surface area contributed by atoms with Crippen molar-refractivity contribution in [2.24, 2.45) is 0 Å². The number of ether oxygens (including phenoxy) is 1. The topological polar surface area (TPSA) is 45.9 Å². The van der Waals surface area contributed by atoms with Gasteiger partial charge in [-0.3, -0.25) is 4.98 Å². The molecule has 0 amide bonds. The molecule has 0 fully saturated rings. The summed E-state index contributed by atoms with van der Waals surface area (Å²) < 4.78 is 4.50. The van der Waals surface area contributed by atoms with Crippen LogP contribution in [0.4, 0.5) is 0 Å². The molecule has 0 atom stereocenters. The highest BCUT2D eigenvalue weighted by Crippen LogP contribution is 2.06. The van der Waals surface area contributed by atoms with Crippen LogP contribution in [0.15, 0.2) is 18.3 Å². The molecule has 0 aliphatic carbocycles. The second-order valence-corrected chi connectivity index (χ2v) is 1.83. The monoisotopic (exact) mass is 134 g/mol. The highest BCUT2D eigenvalue weighted by molar-refractivity contribution is 5.19. The third-order valence-corrected chi connectivity index (χ3v) is 1.05. The Morgan fingerprint density at radius 1 is 1.60 bits per heavy atom. The molecule has 3 nitrogen and oxygen atoms in total. The van der Waals surface area contributed by atoms with Crippen LogP contribution in [0.3, 0.4) is 0 Å². The maximum Gasteiger partial charge on any atom is 0.292 e. The highest BCUT2D eigenvalue weighted by Gasteiger charge is 1.90. The number of nitriles is 1. The van der Waals surface area contributed by atoms with Gasteiger partial charge in [-0.15, -0.1) is 5.26 Å². The van der Waals surface area contributed by atoms with Crippen LogP contribution in [0.1, 0.15) is 5.69 Å². The molecule has 0 spiro atoms. The first-order valence-corrected chi connectivity index (χ1v) is 2.81. The summed E-state index contributed by atoms with van der Waals surface area (Å²) in [5.74, 6) is 0.480. The summed E-state index contributed by atoms with van der Waals surface area (Å²) in [6.07, 6.45) is 3.08. The van der Waals surface area contributed by atoms with Gasteiger partial charge in [-0.05, 0) is 19.1 Å². The van der Waals surface area contributed by atoms with Crippen LogP contribution in [-0.2, 0) is 0 Å². The lowest BCUT2D eigenvalue weighted by atomic mass is 10.4. The van der Waals surface area contributed by atoms with E-state index in [0.717, 1.165) is 5.69 Å². The molecule has 1 rings (SSSR count). The summed E-state index contributed by atoms with van der Waals surface area (Å²) in [6, 6.07) is 3.48. The van der Waals surface area contributed by atoms with Crippen molar-refractivity contribution in [3.05, 3.63) is 24.0 Å². The fourth-order valence-corrected chi connectivity index (χ4v) is 0.567. The van der Waals surface area contributed by atoms with E-state index in [1.165, 1.54) is 6.20 Å². The van der Waals surface area contributed by atoms with Gasteiger partial charge >= 0.3 is 0 Å². The smallest absolute Gasteiger partial charge is 0.292 e. The third-order valence-electron chi connectivity index (χ3n) is 1.05. The molecule has 0 aliphatic heterocycles. The molecule has 1 aromatic rings. The van der Waals surface area contributed by atoms with Gasteiger partial charge in [0, 0.05) is 5.69 Å². The Balaban J connectivity index is 2.81. The van der Waals surface area contributed by atoms with Gasteiger partial charge in [0.1, 0.15) is 0 Å². The Hall–Kier alpha value is -1.56. The molecule has 3 heteroatoms. The number of aromatic nitrogens is 1. The molecule has 0 radical (unpaired) electrons. The van der Waals surface area contributed by atoms with E-state index < -0.39 is 0 Å². The van der Waals surface area contributed by atoms with Gasteiger partial charge in [-0.2, -0.15) is 0 Å². The fourth-order valence-electron chi connectivity index (χ4n) is 0.567. The van der Waals surface area contributed by atoms with Crippen LogP contribution in [-0.4, -0.2) is 4.98 Å². The first-order chi connectivity index (χ1) is 4.83. The quantitative estimate of drug-likeness (QED) is 0.543. The molecule has 1 heterocycles. The molecular weight excluding hydrogens is 128 g/mol. The van der Waals surface area contributed by atoms with E-state index in [1.807, 2.05) is 6.92 Å². The van der Waals surface area contributed by atoms with Crippen LogP contribution in [0, 0.1) is 18.4 Å². The summed E-state index contributed by atoms with van der Waals surface area (Å²) in [5.41, 5.74) is 0.908. The molecule has 0 unspecified atom stereocenters. The SMILES string of the molecule is Cc1ccc(OC#N)cn1. The minimum atomic E-state index is 0.480. The molecule has 0 bridgehead atoms. The lowest BCUT2D eigenvalue weighted by Gasteiger charge is -1.93. The molecule has 0 saturated heterocycles. The average molecular weight is 134 g/mol. The van der Waals surface area contributed by atoms with Crippen molar-refractivity contribution in [2.75, 3.05) is 0 Å². The molecule has 0 aromatic carbocycles. The van der Waals surface area contributed by atoms with E-state index in [0.29, 0.717) is 5.75 Å². The van der Waals surface area contributed by atoms with E-state index in [-0.39, 0.29) is 0 Å². The summed E-state index contributed by atoms with van der Waals surface area (Å²) in [4.78, 5) is 3.92. The predicted molar refractivity (Wildman–Crippen MR) is 35.2 cm³/mol. The maximum atomic E-state index is 8.09. The van der Waals surface area contributed by atoms with E-state index in [4.69, 9.17) is 5.26 Å². The standard InChI is InChI=1S/C7H6N2O/c1-6-2-3-7(4-9-6)10-5-8/h2-4H,1H3. The first-order valence-electron chi connectivity index (χ1n) is 2.81. The van der Waals surface area contributed by atoms with Gasteiger partial charge in [0.15, 0.2) is 5.75 Å². The lowest BCUT2D eigenvalue weighted by molar-refractivity contribution is 0.504. The van der Waals surface area contributed by atoms with Crippen molar-refractivity contribution in [1.29, 1.82) is 5.26 Å². The number of hydrogen-bond donors (Lipinski definition) is 0. The Bertz CT molecular complexity index is 247. The summed E-state index contributed by atoms with van der Waals surface area (Å²) >= 11 is 0. The molecule has 0 N–H and O–H groups in total. The van der Waals surface area contributed by atoms with E-state index >= 15 is 0 Å². The molecule has 0 aliphatic rings. The molecule has 1 aromatic heterocycles. The van der Waals surface area contributed by atoms with Crippen LogP contribution in [0.2, 0.25) is 0 Å². The molecule has 0 saturated carbocycles. The zero-order valence-electron chi connectivity index (χ0n) is 5.53. The number of hydrogen-bond acceptors (Lipinski definition) is 3. The minimum absolute atomic E-state index is 0.480. The Kier molecular flexibility index (Phi) is 1.86. The third kappa shape index (κ3) is 1.46. The number of aryl methyl sites for hydroxylation is 1. The zero-order chi connectivity index (χ0) is 7.40. The second kappa shape index (κ2) is 2.83. The normalized spacial score (nSPS) is 8.40. The highest BCUT2D eigenvalue weighted by atomic mass is 16.5. The lowest BCUT2D eigenvalue weighted by Crippen LogP contribution is -1.84. The second-order valence-electron chi connectivity index (χ2n) is 1.83. The number of nitrogens with zero attached hydrogens (tertiary/aromatic N) is 2. The Morgan fingerprint density at radius 2 is 2.40 bits per heavy atom. The van der Waals surface area contributed by atoms with Gasteiger partial charge in [0.2, 0.25) is 0 Å². The maximum absolute atomic E-state index is 8.09. The Labute approximate surface area is 58.9 Å². The van der Waals surface area contributed by atoms with E-state index in [9.17, 15) is 0 Å². The zero-order valence-corrected chi connectivity index (χ0v) is 5.53. The van der Waals surface area contributed by atoms with Crippen molar-refractivity contribution in [1.82, 2.24) is 4.98 Å². The Morgan fingerprint density at radius 3 is 2.90 bits per heavy atom. The molecular formula is C7H6N2O. The van der Waals surface area contributed by atoms with Crippen LogP contribution < -0.4 is 4.74 Å². The summed E-state index contributed by atoms with van der Waals surface area (Å²) in [5, 5.41) is 8.09. The number of pyridine rings is 1. The van der Waals surface area contributed by atoms with Gasteiger partial charge in [0.05, 0.1) is 6.20 Å². The molecule has 50 valence electrons. The van der Waals surface area contributed by atoms with Crippen molar-refractivity contribution in [3.8, 4) is 12.0 Å². The summed E-state index contributed by atoms with van der Waals surface area (Å²) in [6.45, 7) is 1.87. The first kappa shape index (κ1) is 6.56. The largest absolute Gasteiger partial charge is 0.386 e.